The Morgan fingerprint density at radius 3 is 2.62 bits per heavy atom. The van der Waals surface area contributed by atoms with E-state index in [1.165, 1.54) is 22.7 Å². The average Bonchev–Trinajstić information content (AvgIpc) is 3.54. The molecule has 1 aliphatic heterocycles. The number of ether oxygens (including phenoxy) is 1. The first kappa shape index (κ1) is 28.6. The second-order valence-electron chi connectivity index (χ2n) is 10.0. The number of benzene rings is 2. The molecule has 0 atom stereocenters. The lowest BCUT2D eigenvalue weighted by Crippen LogP contribution is -2.15. The molecule has 3 aromatic rings. The molecule has 2 N–H and O–H groups in total. The highest BCUT2D eigenvalue weighted by molar-refractivity contribution is 6.09. The zero-order valence-electron chi connectivity index (χ0n) is 23.8. The molecule has 4 rings (SSSR count). The molecule has 2 aromatic carbocycles. The molecule has 7 heteroatoms. The van der Waals surface area contributed by atoms with Gasteiger partial charge in [0.15, 0.2) is 0 Å². The third-order valence-corrected chi connectivity index (χ3v) is 7.02. The van der Waals surface area contributed by atoms with Crippen LogP contribution in [0.4, 0.5) is 11.4 Å². The number of nitrogens with zero attached hydrogens (tertiary/aromatic N) is 3. The van der Waals surface area contributed by atoms with Crippen molar-refractivity contribution in [1.82, 2.24) is 9.47 Å². The second-order valence-corrected chi connectivity index (χ2v) is 10.0. The first-order chi connectivity index (χ1) is 19.4. The molecular weight excluding hydrogens is 498 g/mol. The van der Waals surface area contributed by atoms with E-state index in [-0.39, 0.29) is 5.91 Å². The van der Waals surface area contributed by atoms with E-state index in [9.17, 15) is 4.79 Å². The lowest BCUT2D eigenvalue weighted by molar-refractivity contribution is -0.111. The molecule has 0 saturated carbocycles. The zero-order chi connectivity index (χ0) is 28.6. The standard InChI is InChI=1S/C33H39N5O2/c1-7-14-25(33-24-16-10-11-17-28(24)38-20-13-18-29(33)38)34-31(8-2)35-27-22-26(36-32(39)9-3)23(21-30(27)40-6)15-12-19-37(4)5/h7-11,14,16-17,21-22H,1-3,12-13,15,18-20H2,4-6H3,(H,34,35)(H,36,39)/b25-14-. The molecule has 40 heavy (non-hydrogen) atoms. The fraction of sp³-hybridized carbons (Fsp3) is 0.273. The molecule has 208 valence electrons. The number of para-hydroxylation sites is 1. The number of aryl methyl sites for hydroxylation is 2. The number of methoxy groups -OCH3 is 1. The predicted molar refractivity (Wildman–Crippen MR) is 168 cm³/mol. The molecule has 0 bridgehead atoms. The van der Waals surface area contributed by atoms with E-state index in [1.54, 1.807) is 19.3 Å². The minimum Gasteiger partial charge on any atom is -0.495 e. The van der Waals surface area contributed by atoms with Crippen LogP contribution in [0.3, 0.4) is 0 Å². The van der Waals surface area contributed by atoms with Crippen molar-refractivity contribution >= 4 is 39.7 Å². The van der Waals surface area contributed by atoms with Crippen molar-refractivity contribution in [1.29, 1.82) is 0 Å². The minimum absolute atomic E-state index is 0.270. The van der Waals surface area contributed by atoms with Crippen LogP contribution in [0.15, 0.2) is 85.4 Å². The third kappa shape index (κ3) is 6.26. The van der Waals surface area contributed by atoms with Crippen molar-refractivity contribution in [2.75, 3.05) is 38.4 Å². The topological polar surface area (TPSA) is 70.9 Å². The molecule has 0 unspecified atom stereocenters. The van der Waals surface area contributed by atoms with Crippen LogP contribution in [0.25, 0.3) is 16.6 Å². The number of carbonyl (C=O) groups is 1. The van der Waals surface area contributed by atoms with E-state index in [2.05, 4.69) is 64.1 Å². The van der Waals surface area contributed by atoms with Crippen molar-refractivity contribution in [3.8, 4) is 5.75 Å². The number of nitrogens with one attached hydrogen (secondary N) is 2. The Kier molecular flexibility index (Phi) is 9.40. The monoisotopic (exact) mass is 537 g/mol. The Bertz CT molecular complexity index is 1490. The average molecular weight is 538 g/mol. The van der Waals surface area contributed by atoms with Gasteiger partial charge in [-0.1, -0.05) is 44.0 Å². The quantitative estimate of drug-likeness (QED) is 0.121. The maximum absolute atomic E-state index is 12.3. The van der Waals surface area contributed by atoms with Crippen LogP contribution in [0.2, 0.25) is 0 Å². The maximum atomic E-state index is 12.3. The number of aliphatic imine (C=N–C) groups is 1. The summed E-state index contributed by atoms with van der Waals surface area (Å²) >= 11 is 0. The minimum atomic E-state index is -0.270. The van der Waals surface area contributed by atoms with E-state index >= 15 is 0 Å². The molecule has 0 aliphatic carbocycles. The SMILES string of the molecule is C=C/C=C(\N=C(C=C)Nc1cc(NC(=O)C=C)c(CCCN(C)C)cc1OC)c1c2n(c3ccccc13)CCC2. The number of rotatable bonds is 12. The van der Waals surface area contributed by atoms with Crippen molar-refractivity contribution < 1.29 is 9.53 Å². The summed E-state index contributed by atoms with van der Waals surface area (Å²) in [6, 6.07) is 12.3. The number of amidine groups is 1. The van der Waals surface area contributed by atoms with E-state index in [0.29, 0.717) is 23.0 Å². The Morgan fingerprint density at radius 1 is 1.12 bits per heavy atom. The normalized spacial score (nSPS) is 13.3. The highest BCUT2D eigenvalue weighted by Gasteiger charge is 2.23. The number of allylic oxidation sites excluding steroid dienone is 2. The second kappa shape index (κ2) is 13.1. The van der Waals surface area contributed by atoms with E-state index in [1.807, 2.05) is 32.3 Å². The summed E-state index contributed by atoms with van der Waals surface area (Å²) in [5.74, 6) is 0.929. The molecule has 0 saturated heterocycles. The molecule has 1 amide bonds. The van der Waals surface area contributed by atoms with Gasteiger partial charge in [-0.25, -0.2) is 4.99 Å². The molecule has 0 radical (unpaired) electrons. The van der Waals surface area contributed by atoms with Crippen LogP contribution in [-0.2, 0) is 24.2 Å². The number of hydrogen-bond donors (Lipinski definition) is 2. The van der Waals surface area contributed by atoms with Crippen molar-refractivity contribution in [2.24, 2.45) is 4.99 Å². The van der Waals surface area contributed by atoms with Gasteiger partial charge in [0.1, 0.15) is 11.6 Å². The van der Waals surface area contributed by atoms with Gasteiger partial charge in [0.2, 0.25) is 5.91 Å². The van der Waals surface area contributed by atoms with Gasteiger partial charge in [-0.3, -0.25) is 4.79 Å². The number of hydrogen-bond acceptors (Lipinski definition) is 4. The lowest BCUT2D eigenvalue weighted by Gasteiger charge is -2.18. The van der Waals surface area contributed by atoms with Crippen LogP contribution in [-0.4, -0.2) is 49.0 Å². The highest BCUT2D eigenvalue weighted by Crippen LogP contribution is 2.37. The summed E-state index contributed by atoms with van der Waals surface area (Å²) in [5, 5.41) is 7.51. The fourth-order valence-corrected chi connectivity index (χ4v) is 5.22. The van der Waals surface area contributed by atoms with Gasteiger partial charge in [-0.2, -0.15) is 0 Å². The number of fused-ring (bicyclic) bond motifs is 3. The molecule has 0 spiro atoms. The predicted octanol–water partition coefficient (Wildman–Crippen LogP) is 6.44. The number of carbonyl (C=O) groups excluding carboxylic acids is 1. The molecule has 1 aliphatic rings. The smallest absolute Gasteiger partial charge is 0.247 e. The fourth-order valence-electron chi connectivity index (χ4n) is 5.22. The Morgan fingerprint density at radius 2 is 1.93 bits per heavy atom. The van der Waals surface area contributed by atoms with Gasteiger partial charge >= 0.3 is 0 Å². The van der Waals surface area contributed by atoms with E-state index in [0.717, 1.165) is 55.6 Å². The van der Waals surface area contributed by atoms with Crippen molar-refractivity contribution in [3.05, 3.63) is 97.3 Å². The van der Waals surface area contributed by atoms with E-state index in [4.69, 9.17) is 9.73 Å². The largest absolute Gasteiger partial charge is 0.495 e. The summed E-state index contributed by atoms with van der Waals surface area (Å²) in [5.41, 5.74) is 6.79. The Labute approximate surface area is 237 Å². The summed E-state index contributed by atoms with van der Waals surface area (Å²) in [7, 11) is 5.73. The summed E-state index contributed by atoms with van der Waals surface area (Å²) in [6.07, 6.45) is 10.5. The lowest BCUT2D eigenvalue weighted by atomic mass is 10.0. The third-order valence-electron chi connectivity index (χ3n) is 7.02. The van der Waals surface area contributed by atoms with Crippen LogP contribution < -0.4 is 15.4 Å². The number of anilines is 2. The first-order valence-electron chi connectivity index (χ1n) is 13.6. The molecular formula is C33H39N5O2. The van der Waals surface area contributed by atoms with Crippen LogP contribution >= 0.6 is 0 Å². The number of amides is 1. The van der Waals surface area contributed by atoms with Crippen molar-refractivity contribution in [3.63, 3.8) is 0 Å². The van der Waals surface area contributed by atoms with Crippen molar-refractivity contribution in [2.45, 2.75) is 32.2 Å². The highest BCUT2D eigenvalue weighted by atomic mass is 16.5. The van der Waals surface area contributed by atoms with Gasteiger partial charge in [-0.05, 0) is 88.3 Å². The van der Waals surface area contributed by atoms with Gasteiger partial charge in [0.25, 0.3) is 0 Å². The van der Waals surface area contributed by atoms with Gasteiger partial charge in [-0.15, -0.1) is 0 Å². The van der Waals surface area contributed by atoms with Crippen LogP contribution in [0.5, 0.6) is 5.75 Å². The summed E-state index contributed by atoms with van der Waals surface area (Å²) < 4.78 is 8.15. The number of aromatic nitrogens is 1. The molecule has 0 fully saturated rings. The maximum Gasteiger partial charge on any atom is 0.247 e. The Balaban J connectivity index is 1.74. The van der Waals surface area contributed by atoms with Crippen LogP contribution in [0, 0.1) is 0 Å². The first-order valence-corrected chi connectivity index (χ1v) is 13.6. The van der Waals surface area contributed by atoms with Gasteiger partial charge in [0, 0.05) is 34.4 Å². The zero-order valence-corrected chi connectivity index (χ0v) is 23.8. The molecule has 1 aromatic heterocycles. The van der Waals surface area contributed by atoms with Crippen LogP contribution in [0.1, 0.15) is 29.7 Å². The Hall–Kier alpha value is -4.36. The van der Waals surface area contributed by atoms with Gasteiger partial charge in [0.05, 0.1) is 18.5 Å². The summed E-state index contributed by atoms with van der Waals surface area (Å²) in [6.45, 7) is 13.5. The van der Waals surface area contributed by atoms with E-state index < -0.39 is 0 Å². The molecule has 2 heterocycles. The van der Waals surface area contributed by atoms with Gasteiger partial charge < -0.3 is 24.8 Å². The summed E-state index contributed by atoms with van der Waals surface area (Å²) in [4.78, 5) is 19.4. The molecule has 7 nitrogen and oxygen atoms in total.